The molecule has 2 aromatic heterocycles. The molecule has 0 amide bonds. The predicted molar refractivity (Wildman–Crippen MR) is 81.4 cm³/mol. The Balaban J connectivity index is 2.01. The van der Waals surface area contributed by atoms with E-state index in [1.807, 2.05) is 12.3 Å². The van der Waals surface area contributed by atoms with Crippen molar-refractivity contribution in [1.29, 1.82) is 0 Å². The van der Waals surface area contributed by atoms with Gasteiger partial charge in [-0.15, -0.1) is 22.7 Å². The van der Waals surface area contributed by atoms with Gasteiger partial charge in [-0.3, -0.25) is 4.79 Å². The molecule has 2 aromatic rings. The highest BCUT2D eigenvalue weighted by atomic mass is 32.2. The monoisotopic (exact) mass is 346 g/mol. The third-order valence-corrected chi connectivity index (χ3v) is 6.69. The first-order valence-corrected chi connectivity index (χ1v) is 9.26. The lowest BCUT2D eigenvalue weighted by atomic mass is 10.2. The molecular weight excluding hydrogens is 332 g/mol. The van der Waals surface area contributed by atoms with Crippen molar-refractivity contribution < 1.29 is 18.3 Å². The van der Waals surface area contributed by atoms with Crippen molar-refractivity contribution in [3.05, 3.63) is 33.6 Å². The predicted octanol–water partition coefficient (Wildman–Crippen LogP) is 1.91. The van der Waals surface area contributed by atoms with Crippen molar-refractivity contribution >= 4 is 38.7 Å². The van der Waals surface area contributed by atoms with Crippen LogP contribution in [0.1, 0.15) is 22.7 Å². The Morgan fingerprint density at radius 2 is 2.24 bits per heavy atom. The van der Waals surface area contributed by atoms with E-state index in [2.05, 4.69) is 9.71 Å². The van der Waals surface area contributed by atoms with Crippen LogP contribution in [0, 0.1) is 0 Å². The van der Waals surface area contributed by atoms with Crippen LogP contribution in [0.4, 0.5) is 0 Å². The Morgan fingerprint density at radius 1 is 1.48 bits per heavy atom. The quantitative estimate of drug-likeness (QED) is 0.798. The molecule has 2 heterocycles. The number of aliphatic carboxylic acids is 1. The van der Waals surface area contributed by atoms with Crippen LogP contribution >= 0.6 is 22.7 Å². The third kappa shape index (κ3) is 4.34. The third-order valence-electron chi connectivity index (χ3n) is 2.68. The lowest BCUT2D eigenvalue weighted by Crippen LogP contribution is -2.27. The first kappa shape index (κ1) is 16.1. The minimum atomic E-state index is -3.61. The zero-order valence-corrected chi connectivity index (χ0v) is 13.6. The number of carbonyl (C=O) groups is 1. The molecule has 114 valence electrons. The molecule has 0 spiro atoms. The second-order valence-electron chi connectivity index (χ2n) is 4.41. The smallest absolute Gasteiger partial charge is 0.308 e. The zero-order chi connectivity index (χ0) is 15.5. The fourth-order valence-corrected chi connectivity index (χ4v) is 4.84. The van der Waals surface area contributed by atoms with E-state index in [0.717, 1.165) is 16.3 Å². The van der Waals surface area contributed by atoms with Crippen LogP contribution in [-0.2, 0) is 21.2 Å². The van der Waals surface area contributed by atoms with Gasteiger partial charge in [-0.1, -0.05) is 6.92 Å². The molecule has 2 N–H and O–H groups in total. The van der Waals surface area contributed by atoms with Crippen molar-refractivity contribution in [1.82, 2.24) is 9.71 Å². The van der Waals surface area contributed by atoms with Crippen molar-refractivity contribution in [3.8, 4) is 0 Å². The number of carboxylic acid groups (broad SMARTS) is 1. The number of rotatable bonds is 7. The van der Waals surface area contributed by atoms with E-state index < -0.39 is 16.0 Å². The van der Waals surface area contributed by atoms with Gasteiger partial charge in [0.05, 0.1) is 11.4 Å². The van der Waals surface area contributed by atoms with Gasteiger partial charge in [-0.25, -0.2) is 18.1 Å². The van der Waals surface area contributed by atoms with E-state index in [1.165, 1.54) is 23.5 Å². The Labute approximate surface area is 130 Å². The van der Waals surface area contributed by atoms with E-state index >= 15 is 0 Å². The van der Waals surface area contributed by atoms with Gasteiger partial charge in [-0.05, 0) is 12.1 Å². The van der Waals surface area contributed by atoms with Gasteiger partial charge in [0.15, 0.2) is 0 Å². The molecule has 0 aliphatic heterocycles. The van der Waals surface area contributed by atoms with Crippen molar-refractivity contribution in [2.75, 3.05) is 6.54 Å². The molecule has 1 unspecified atom stereocenters. The summed E-state index contributed by atoms with van der Waals surface area (Å²) >= 11 is 2.45. The average Bonchev–Trinajstić information content (AvgIpc) is 3.06. The molecule has 6 nitrogen and oxygen atoms in total. The van der Waals surface area contributed by atoms with Crippen LogP contribution in [0.15, 0.2) is 27.9 Å². The largest absolute Gasteiger partial charge is 0.481 e. The van der Waals surface area contributed by atoms with Crippen LogP contribution in [0.25, 0.3) is 0 Å². The van der Waals surface area contributed by atoms with E-state index in [-0.39, 0.29) is 23.1 Å². The van der Waals surface area contributed by atoms with Crippen LogP contribution < -0.4 is 4.72 Å². The fourth-order valence-electron chi connectivity index (χ4n) is 1.62. The second kappa shape index (κ2) is 6.65. The van der Waals surface area contributed by atoms with Crippen LogP contribution in [0.2, 0.25) is 0 Å². The highest BCUT2D eigenvalue weighted by Gasteiger charge is 2.19. The molecule has 0 aliphatic rings. The molecular formula is C12H14N2O4S3. The summed E-state index contributed by atoms with van der Waals surface area (Å²) in [6.07, 6.45) is 1.51. The SMILES string of the molecule is CC(CNS(=O)(=O)c1ccc(CC(=O)O)s1)c1nccs1. The second-order valence-corrected chi connectivity index (χ2v) is 8.50. The van der Waals surface area contributed by atoms with E-state index in [9.17, 15) is 13.2 Å². The summed E-state index contributed by atoms with van der Waals surface area (Å²) in [5, 5.41) is 11.4. The molecule has 0 saturated heterocycles. The summed E-state index contributed by atoms with van der Waals surface area (Å²) < 4.78 is 26.9. The lowest BCUT2D eigenvalue weighted by Gasteiger charge is -2.09. The first-order chi connectivity index (χ1) is 9.88. The van der Waals surface area contributed by atoms with Crippen LogP contribution in [-0.4, -0.2) is 31.0 Å². The van der Waals surface area contributed by atoms with E-state index in [0.29, 0.717) is 4.88 Å². The average molecular weight is 346 g/mol. The van der Waals surface area contributed by atoms with Gasteiger partial charge in [-0.2, -0.15) is 0 Å². The Kier molecular flexibility index (Phi) is 5.09. The molecule has 9 heteroatoms. The Bertz CT molecular complexity index is 707. The molecule has 1 atom stereocenters. The van der Waals surface area contributed by atoms with Crippen LogP contribution in [0.3, 0.4) is 0 Å². The highest BCUT2D eigenvalue weighted by molar-refractivity contribution is 7.91. The van der Waals surface area contributed by atoms with Gasteiger partial charge in [0, 0.05) is 28.9 Å². The van der Waals surface area contributed by atoms with Crippen molar-refractivity contribution in [2.24, 2.45) is 0 Å². The number of thiazole rings is 1. The number of nitrogens with zero attached hydrogens (tertiary/aromatic N) is 1. The summed E-state index contributed by atoms with van der Waals surface area (Å²) in [5.74, 6) is -0.996. The summed E-state index contributed by atoms with van der Waals surface area (Å²) in [6.45, 7) is 2.15. The van der Waals surface area contributed by atoms with Crippen LogP contribution in [0.5, 0.6) is 0 Å². The van der Waals surface area contributed by atoms with Gasteiger partial charge >= 0.3 is 5.97 Å². The zero-order valence-electron chi connectivity index (χ0n) is 11.1. The van der Waals surface area contributed by atoms with E-state index in [1.54, 1.807) is 6.20 Å². The fraction of sp³-hybridized carbons (Fsp3) is 0.333. The topological polar surface area (TPSA) is 96.4 Å². The maximum atomic E-state index is 12.1. The van der Waals surface area contributed by atoms with Crippen molar-refractivity contribution in [2.45, 2.75) is 23.5 Å². The number of sulfonamides is 1. The normalized spacial score (nSPS) is 13.2. The van der Waals surface area contributed by atoms with Gasteiger partial charge in [0.25, 0.3) is 0 Å². The summed E-state index contributed by atoms with van der Waals surface area (Å²) in [5.41, 5.74) is 0. The summed E-state index contributed by atoms with van der Waals surface area (Å²) in [4.78, 5) is 15.3. The molecule has 21 heavy (non-hydrogen) atoms. The summed E-state index contributed by atoms with van der Waals surface area (Å²) in [7, 11) is -3.61. The molecule has 0 aliphatic carbocycles. The van der Waals surface area contributed by atoms with E-state index in [4.69, 9.17) is 5.11 Å². The molecule has 0 bridgehead atoms. The number of nitrogens with one attached hydrogen (secondary N) is 1. The Hall–Kier alpha value is -1.29. The number of thiophene rings is 1. The molecule has 0 radical (unpaired) electrons. The van der Waals surface area contributed by atoms with Gasteiger partial charge < -0.3 is 5.11 Å². The number of hydrogen-bond acceptors (Lipinski definition) is 6. The standard InChI is InChI=1S/C12H14N2O4S3/c1-8(12-13-4-5-19-12)7-14-21(17,18)11-3-2-9(20-11)6-10(15)16/h2-5,8,14H,6-7H2,1H3,(H,15,16). The lowest BCUT2D eigenvalue weighted by molar-refractivity contribution is -0.136. The number of hydrogen-bond donors (Lipinski definition) is 2. The Morgan fingerprint density at radius 3 is 2.86 bits per heavy atom. The minimum Gasteiger partial charge on any atom is -0.481 e. The van der Waals surface area contributed by atoms with Gasteiger partial charge in [0.1, 0.15) is 4.21 Å². The highest BCUT2D eigenvalue weighted by Crippen LogP contribution is 2.23. The molecule has 0 aromatic carbocycles. The summed E-state index contributed by atoms with van der Waals surface area (Å²) in [6, 6.07) is 2.96. The minimum absolute atomic E-state index is 0.0155. The first-order valence-electron chi connectivity index (χ1n) is 6.08. The maximum absolute atomic E-state index is 12.1. The molecule has 0 saturated carbocycles. The molecule has 2 rings (SSSR count). The maximum Gasteiger partial charge on any atom is 0.308 e. The van der Waals surface area contributed by atoms with Crippen molar-refractivity contribution in [3.63, 3.8) is 0 Å². The number of carboxylic acids is 1. The molecule has 0 fully saturated rings. The van der Waals surface area contributed by atoms with Gasteiger partial charge in [0.2, 0.25) is 10.0 Å². The number of aromatic nitrogens is 1.